The SMILES string of the molecule is O=C1NCC2(CCNCC2)CN1. The van der Waals surface area contributed by atoms with Gasteiger partial charge in [-0.05, 0) is 25.9 Å². The Kier molecular flexibility index (Phi) is 1.92. The second-order valence-electron chi connectivity index (χ2n) is 3.79. The van der Waals surface area contributed by atoms with Gasteiger partial charge in [0.25, 0.3) is 0 Å². The normalized spacial score (nSPS) is 27.8. The highest BCUT2D eigenvalue weighted by molar-refractivity contribution is 5.74. The molecule has 0 saturated carbocycles. The minimum atomic E-state index is -0.0147. The molecule has 2 aliphatic rings. The van der Waals surface area contributed by atoms with Crippen molar-refractivity contribution in [2.24, 2.45) is 5.41 Å². The molecule has 2 heterocycles. The van der Waals surface area contributed by atoms with Gasteiger partial charge in [0.15, 0.2) is 0 Å². The highest BCUT2D eigenvalue weighted by Gasteiger charge is 2.35. The lowest BCUT2D eigenvalue weighted by atomic mass is 9.78. The van der Waals surface area contributed by atoms with Crippen molar-refractivity contribution in [1.82, 2.24) is 16.0 Å². The van der Waals surface area contributed by atoms with Crippen LogP contribution in [0.15, 0.2) is 0 Å². The lowest BCUT2D eigenvalue weighted by Crippen LogP contribution is -2.57. The molecule has 1 spiro atoms. The molecule has 68 valence electrons. The van der Waals surface area contributed by atoms with Gasteiger partial charge in [0, 0.05) is 18.5 Å². The predicted octanol–water partition coefficient (Wildman–Crippen LogP) is -0.331. The highest BCUT2D eigenvalue weighted by Crippen LogP contribution is 2.28. The number of rotatable bonds is 0. The van der Waals surface area contributed by atoms with E-state index in [4.69, 9.17) is 0 Å². The van der Waals surface area contributed by atoms with Gasteiger partial charge in [0.2, 0.25) is 0 Å². The minimum absolute atomic E-state index is 0.0147. The van der Waals surface area contributed by atoms with E-state index in [1.54, 1.807) is 0 Å². The zero-order valence-electron chi connectivity index (χ0n) is 7.15. The van der Waals surface area contributed by atoms with Crippen LogP contribution in [0.25, 0.3) is 0 Å². The fraction of sp³-hybridized carbons (Fsp3) is 0.875. The number of nitrogens with one attached hydrogen (secondary N) is 3. The van der Waals surface area contributed by atoms with Gasteiger partial charge in [0.05, 0.1) is 0 Å². The van der Waals surface area contributed by atoms with Crippen molar-refractivity contribution >= 4 is 6.03 Å². The number of piperidine rings is 1. The van der Waals surface area contributed by atoms with Gasteiger partial charge in [0.1, 0.15) is 0 Å². The summed E-state index contributed by atoms with van der Waals surface area (Å²) >= 11 is 0. The maximum atomic E-state index is 10.9. The summed E-state index contributed by atoms with van der Waals surface area (Å²) in [5.74, 6) is 0. The topological polar surface area (TPSA) is 53.2 Å². The van der Waals surface area contributed by atoms with Gasteiger partial charge in [-0.1, -0.05) is 0 Å². The van der Waals surface area contributed by atoms with E-state index < -0.39 is 0 Å². The lowest BCUT2D eigenvalue weighted by Gasteiger charge is -2.40. The van der Waals surface area contributed by atoms with Crippen molar-refractivity contribution < 1.29 is 4.79 Å². The third kappa shape index (κ3) is 1.39. The summed E-state index contributed by atoms with van der Waals surface area (Å²) in [7, 11) is 0. The van der Waals surface area contributed by atoms with E-state index in [1.807, 2.05) is 0 Å². The molecule has 2 amide bonds. The first-order valence-electron chi connectivity index (χ1n) is 4.53. The largest absolute Gasteiger partial charge is 0.338 e. The van der Waals surface area contributed by atoms with E-state index in [2.05, 4.69) is 16.0 Å². The standard InChI is InChI=1S/C8H15N3O/c12-7-10-5-8(6-11-7)1-3-9-4-2-8/h9H,1-6H2,(H2,10,11,12). The summed E-state index contributed by atoms with van der Waals surface area (Å²) in [6.07, 6.45) is 2.33. The molecule has 12 heavy (non-hydrogen) atoms. The van der Waals surface area contributed by atoms with E-state index in [0.717, 1.165) is 26.2 Å². The summed E-state index contributed by atoms with van der Waals surface area (Å²) in [6.45, 7) is 3.86. The first-order chi connectivity index (χ1) is 5.81. The molecular formula is C8H15N3O. The molecule has 0 aromatic carbocycles. The molecule has 0 aromatic rings. The molecule has 2 aliphatic heterocycles. The Morgan fingerprint density at radius 2 is 1.67 bits per heavy atom. The van der Waals surface area contributed by atoms with Crippen molar-refractivity contribution in [2.45, 2.75) is 12.8 Å². The van der Waals surface area contributed by atoms with Crippen molar-refractivity contribution in [3.63, 3.8) is 0 Å². The van der Waals surface area contributed by atoms with Crippen molar-refractivity contribution in [3.8, 4) is 0 Å². The summed E-state index contributed by atoms with van der Waals surface area (Å²) in [4.78, 5) is 10.9. The fourth-order valence-electron chi connectivity index (χ4n) is 1.97. The van der Waals surface area contributed by atoms with Gasteiger partial charge >= 0.3 is 6.03 Å². The monoisotopic (exact) mass is 169 g/mol. The molecule has 0 aliphatic carbocycles. The fourth-order valence-corrected chi connectivity index (χ4v) is 1.97. The Balaban J connectivity index is 1.96. The molecule has 0 bridgehead atoms. The second kappa shape index (κ2) is 2.94. The molecule has 0 unspecified atom stereocenters. The Labute approximate surface area is 72.1 Å². The molecule has 2 saturated heterocycles. The van der Waals surface area contributed by atoms with E-state index in [-0.39, 0.29) is 6.03 Å². The quantitative estimate of drug-likeness (QED) is 0.465. The number of hydrogen-bond donors (Lipinski definition) is 3. The van der Waals surface area contributed by atoms with Crippen LogP contribution in [0.3, 0.4) is 0 Å². The predicted molar refractivity (Wildman–Crippen MR) is 45.9 cm³/mol. The summed E-state index contributed by atoms with van der Waals surface area (Å²) in [5.41, 5.74) is 0.332. The van der Waals surface area contributed by atoms with E-state index >= 15 is 0 Å². The first kappa shape index (κ1) is 7.86. The summed E-state index contributed by atoms with van der Waals surface area (Å²) < 4.78 is 0. The average Bonchev–Trinajstić information content (AvgIpc) is 2.13. The molecule has 2 fully saturated rings. The average molecular weight is 169 g/mol. The van der Waals surface area contributed by atoms with Gasteiger partial charge in [-0.25, -0.2) is 4.79 Å². The Bertz CT molecular complexity index is 175. The van der Waals surface area contributed by atoms with Crippen LogP contribution < -0.4 is 16.0 Å². The van der Waals surface area contributed by atoms with Gasteiger partial charge in [-0.3, -0.25) is 0 Å². The number of hydrogen-bond acceptors (Lipinski definition) is 2. The molecule has 0 atom stereocenters. The van der Waals surface area contributed by atoms with Crippen LogP contribution in [-0.2, 0) is 0 Å². The number of amides is 2. The minimum Gasteiger partial charge on any atom is -0.338 e. The number of carbonyl (C=O) groups is 1. The molecule has 2 rings (SSSR count). The maximum Gasteiger partial charge on any atom is 0.314 e. The molecule has 4 nitrogen and oxygen atoms in total. The Hall–Kier alpha value is -0.770. The number of urea groups is 1. The summed E-state index contributed by atoms with van der Waals surface area (Å²) in [5, 5.41) is 9.06. The zero-order valence-corrected chi connectivity index (χ0v) is 7.15. The lowest BCUT2D eigenvalue weighted by molar-refractivity contribution is 0.161. The third-order valence-electron chi connectivity index (χ3n) is 2.91. The number of carbonyl (C=O) groups excluding carboxylic acids is 1. The molecule has 0 radical (unpaired) electrons. The second-order valence-corrected chi connectivity index (χ2v) is 3.79. The smallest absolute Gasteiger partial charge is 0.314 e. The van der Waals surface area contributed by atoms with E-state index in [9.17, 15) is 4.79 Å². The van der Waals surface area contributed by atoms with Crippen molar-refractivity contribution in [2.75, 3.05) is 26.2 Å². The van der Waals surface area contributed by atoms with Crippen molar-refractivity contribution in [3.05, 3.63) is 0 Å². The van der Waals surface area contributed by atoms with Crippen LogP contribution in [0.4, 0.5) is 4.79 Å². The Morgan fingerprint density at radius 1 is 1.08 bits per heavy atom. The van der Waals surface area contributed by atoms with Crippen LogP contribution in [0.5, 0.6) is 0 Å². The van der Waals surface area contributed by atoms with Gasteiger partial charge in [-0.2, -0.15) is 0 Å². The van der Waals surface area contributed by atoms with Crippen LogP contribution in [0, 0.1) is 5.41 Å². The van der Waals surface area contributed by atoms with E-state index in [1.165, 1.54) is 12.8 Å². The molecule has 3 N–H and O–H groups in total. The Morgan fingerprint density at radius 3 is 2.25 bits per heavy atom. The molecule has 0 aromatic heterocycles. The zero-order chi connectivity index (χ0) is 8.44. The van der Waals surface area contributed by atoms with Crippen LogP contribution in [0.2, 0.25) is 0 Å². The summed E-state index contributed by atoms with van der Waals surface area (Å²) in [6, 6.07) is -0.0147. The van der Waals surface area contributed by atoms with Crippen molar-refractivity contribution in [1.29, 1.82) is 0 Å². The van der Waals surface area contributed by atoms with E-state index in [0.29, 0.717) is 5.41 Å². The third-order valence-corrected chi connectivity index (χ3v) is 2.91. The van der Waals surface area contributed by atoms with Gasteiger partial charge in [-0.15, -0.1) is 0 Å². The maximum absolute atomic E-state index is 10.9. The molecule has 4 heteroatoms. The van der Waals surface area contributed by atoms with Crippen LogP contribution >= 0.6 is 0 Å². The van der Waals surface area contributed by atoms with Crippen LogP contribution in [-0.4, -0.2) is 32.2 Å². The highest BCUT2D eigenvalue weighted by atomic mass is 16.2. The van der Waals surface area contributed by atoms with Crippen LogP contribution in [0.1, 0.15) is 12.8 Å². The molecular weight excluding hydrogens is 154 g/mol. The first-order valence-corrected chi connectivity index (χ1v) is 4.53. The van der Waals surface area contributed by atoms with Gasteiger partial charge < -0.3 is 16.0 Å².